The first-order valence-corrected chi connectivity index (χ1v) is 13.6. The number of alkyl halides is 3. The Balaban J connectivity index is 1.29. The minimum atomic E-state index is -4.48. The highest BCUT2D eigenvalue weighted by atomic mass is 32.2. The number of nitrogens with zero attached hydrogens (tertiary/aromatic N) is 6. The molecule has 1 atom stereocenters. The molecule has 216 valence electrons. The number of thioether (sulfide) groups is 1. The van der Waals surface area contributed by atoms with Crippen molar-refractivity contribution < 1.29 is 27.5 Å². The largest absolute Gasteiger partial charge is 0.417 e. The maximum Gasteiger partial charge on any atom is 0.417 e. The molecule has 1 unspecified atom stereocenters. The second kappa shape index (κ2) is 11.7. The highest BCUT2D eigenvalue weighted by Crippen LogP contribution is 2.35. The first-order chi connectivity index (χ1) is 20.0. The monoisotopic (exact) mass is 595 g/mol. The Kier molecular flexibility index (Phi) is 8.09. The Hall–Kier alpha value is -4.56. The third kappa shape index (κ3) is 6.19. The summed E-state index contributed by atoms with van der Waals surface area (Å²) in [5.41, 5.74) is 2.55. The number of halogens is 3. The third-order valence-electron chi connectivity index (χ3n) is 6.38. The first kappa shape index (κ1) is 29.0. The van der Waals surface area contributed by atoms with Crippen molar-refractivity contribution in [3.63, 3.8) is 0 Å². The van der Waals surface area contributed by atoms with Gasteiger partial charge in [0.1, 0.15) is 6.33 Å². The average Bonchev–Trinajstić information content (AvgIpc) is 3.59. The molecule has 3 heterocycles. The van der Waals surface area contributed by atoms with Crippen LogP contribution in [0.5, 0.6) is 0 Å². The van der Waals surface area contributed by atoms with E-state index in [1.165, 1.54) is 33.7 Å². The molecule has 3 amide bonds. The molecule has 10 nitrogen and oxygen atoms in total. The second-order valence-corrected chi connectivity index (χ2v) is 10.2. The molecule has 0 spiro atoms. The number of nitrogens with one attached hydrogen (secondary N) is 1. The van der Waals surface area contributed by atoms with Gasteiger partial charge in [-0.3, -0.25) is 9.69 Å². The van der Waals surface area contributed by atoms with Crippen LogP contribution in [0.15, 0.2) is 72.1 Å². The Morgan fingerprint density at radius 1 is 1.12 bits per heavy atom. The number of urea groups is 1. The highest BCUT2D eigenvalue weighted by molar-refractivity contribution is 8.15. The van der Waals surface area contributed by atoms with Gasteiger partial charge in [0.2, 0.25) is 5.91 Å². The minimum absolute atomic E-state index is 0.150. The van der Waals surface area contributed by atoms with Crippen LogP contribution in [0.3, 0.4) is 0 Å². The number of aromatic nitrogens is 4. The van der Waals surface area contributed by atoms with Crippen LogP contribution < -0.4 is 10.2 Å². The van der Waals surface area contributed by atoms with E-state index in [4.69, 9.17) is 4.74 Å². The summed E-state index contributed by atoms with van der Waals surface area (Å²) < 4.78 is 45.1. The van der Waals surface area contributed by atoms with Crippen molar-refractivity contribution in [2.75, 3.05) is 23.1 Å². The number of pyridine rings is 1. The summed E-state index contributed by atoms with van der Waals surface area (Å²) in [6.07, 6.45) is -2.69. The zero-order valence-electron chi connectivity index (χ0n) is 22.6. The van der Waals surface area contributed by atoms with E-state index in [2.05, 4.69) is 25.4 Å². The molecular weight excluding hydrogens is 571 g/mol. The van der Waals surface area contributed by atoms with E-state index in [-0.39, 0.29) is 28.7 Å². The number of amidine groups is 1. The number of methoxy groups -OCH3 is 1. The van der Waals surface area contributed by atoms with Crippen molar-refractivity contribution in [1.29, 1.82) is 0 Å². The number of anilines is 2. The molecule has 0 saturated carbocycles. The van der Waals surface area contributed by atoms with Gasteiger partial charge in [-0.2, -0.15) is 18.2 Å². The number of hydrogen-bond acceptors (Lipinski definition) is 7. The van der Waals surface area contributed by atoms with Gasteiger partial charge in [0.15, 0.2) is 16.8 Å². The van der Waals surface area contributed by atoms with E-state index >= 15 is 0 Å². The Bertz CT molecular complexity index is 1650. The molecule has 4 aromatic rings. The first-order valence-electron chi connectivity index (χ1n) is 12.6. The van der Waals surface area contributed by atoms with Crippen molar-refractivity contribution >= 4 is 40.2 Å². The summed E-state index contributed by atoms with van der Waals surface area (Å²) in [6, 6.07) is 13.8. The molecular formula is C28H24F3N7O3S. The third-order valence-corrected chi connectivity index (χ3v) is 7.30. The number of aryl methyl sites for hydroxylation is 1. The molecule has 1 saturated heterocycles. The van der Waals surface area contributed by atoms with E-state index in [0.29, 0.717) is 22.8 Å². The summed E-state index contributed by atoms with van der Waals surface area (Å²) in [7, 11) is 1.58. The zero-order valence-corrected chi connectivity index (χ0v) is 23.4. The highest BCUT2D eigenvalue weighted by Gasteiger charge is 2.33. The maximum atomic E-state index is 12.8. The van der Waals surface area contributed by atoms with Crippen LogP contribution in [0.2, 0.25) is 0 Å². The molecule has 1 aliphatic heterocycles. The molecule has 14 heteroatoms. The van der Waals surface area contributed by atoms with Crippen molar-refractivity contribution in [3.8, 4) is 17.2 Å². The molecule has 2 aromatic heterocycles. The van der Waals surface area contributed by atoms with Crippen molar-refractivity contribution in [3.05, 3.63) is 83.8 Å². The van der Waals surface area contributed by atoms with Crippen LogP contribution in [0.1, 0.15) is 29.7 Å². The van der Waals surface area contributed by atoms with E-state index in [1.54, 1.807) is 31.4 Å². The molecule has 0 aliphatic carbocycles. The molecule has 5 rings (SSSR count). The van der Waals surface area contributed by atoms with Gasteiger partial charge in [0, 0.05) is 30.1 Å². The number of benzene rings is 2. The Labute approximate surface area is 242 Å². The minimum Gasteiger partial charge on any atom is -0.377 e. The van der Waals surface area contributed by atoms with Crippen molar-refractivity contribution in [2.24, 2.45) is 4.99 Å². The van der Waals surface area contributed by atoms with Gasteiger partial charge in [-0.15, -0.1) is 5.10 Å². The van der Waals surface area contributed by atoms with Crippen molar-refractivity contribution in [2.45, 2.75) is 26.1 Å². The molecule has 1 aliphatic rings. The van der Waals surface area contributed by atoms with E-state index in [9.17, 15) is 22.8 Å². The topological polar surface area (TPSA) is 115 Å². The molecule has 42 heavy (non-hydrogen) atoms. The SMILES string of the molecule is COC(C)c1ccc(C)cc1N1C(=O)CSC1=NC(=O)Nc1ccc(-c2ncn(-c3ccc(C(F)(F)F)cn3)n2)cc1. The lowest BCUT2D eigenvalue weighted by Crippen LogP contribution is -2.31. The second-order valence-electron chi connectivity index (χ2n) is 9.28. The quantitative estimate of drug-likeness (QED) is 0.289. The summed E-state index contributed by atoms with van der Waals surface area (Å²) >= 11 is 1.17. The Morgan fingerprint density at radius 2 is 1.88 bits per heavy atom. The maximum absolute atomic E-state index is 12.8. The summed E-state index contributed by atoms with van der Waals surface area (Å²) in [5.74, 6) is 0.448. The van der Waals surface area contributed by atoms with E-state index < -0.39 is 17.8 Å². The van der Waals surface area contributed by atoms with Crippen LogP contribution in [-0.2, 0) is 15.7 Å². The molecule has 1 fully saturated rings. The smallest absolute Gasteiger partial charge is 0.377 e. The number of ether oxygens (including phenoxy) is 1. The zero-order chi connectivity index (χ0) is 30.0. The van der Waals surface area contributed by atoms with Crippen LogP contribution in [0.25, 0.3) is 17.2 Å². The molecule has 2 aromatic carbocycles. The average molecular weight is 596 g/mol. The number of rotatable bonds is 6. The number of amides is 3. The Morgan fingerprint density at radius 3 is 2.55 bits per heavy atom. The lowest BCUT2D eigenvalue weighted by Gasteiger charge is -2.23. The van der Waals surface area contributed by atoms with Crippen LogP contribution in [-0.4, -0.2) is 49.7 Å². The fourth-order valence-electron chi connectivity index (χ4n) is 4.14. The van der Waals surface area contributed by atoms with Crippen LogP contribution in [0, 0.1) is 6.92 Å². The van der Waals surface area contributed by atoms with Gasteiger partial charge >= 0.3 is 12.2 Å². The van der Waals surface area contributed by atoms with Crippen LogP contribution >= 0.6 is 11.8 Å². The number of carbonyl (C=O) groups is 2. The van der Waals surface area contributed by atoms with Gasteiger partial charge in [0.25, 0.3) is 0 Å². The fraction of sp³-hybridized carbons (Fsp3) is 0.214. The van der Waals surface area contributed by atoms with Crippen molar-refractivity contribution in [1.82, 2.24) is 19.7 Å². The molecule has 1 N–H and O–H groups in total. The standard InChI is InChI=1S/C28H24F3N7O3S/c1-16-4-10-21(17(2)41-3)22(12-16)38-24(39)14-42-27(38)35-26(40)34-20-8-5-18(6-9-20)25-33-15-37(36-25)23-11-7-19(13-32-23)28(29,30)31/h4-13,15,17H,14H2,1-3H3,(H,34,40). The summed E-state index contributed by atoms with van der Waals surface area (Å²) in [5, 5.41) is 7.23. The predicted octanol–water partition coefficient (Wildman–Crippen LogP) is 6.03. The molecule has 0 radical (unpaired) electrons. The van der Waals surface area contributed by atoms with Gasteiger partial charge < -0.3 is 10.1 Å². The van der Waals surface area contributed by atoms with Gasteiger partial charge in [-0.1, -0.05) is 23.9 Å². The van der Waals surface area contributed by atoms with Crippen LogP contribution in [0.4, 0.5) is 29.3 Å². The number of aliphatic imine (C=N–C) groups is 1. The lowest BCUT2D eigenvalue weighted by molar-refractivity contribution is -0.137. The normalized spacial score (nSPS) is 15.3. The fourth-order valence-corrected chi connectivity index (χ4v) is 4.99. The van der Waals surface area contributed by atoms with Gasteiger partial charge in [-0.05, 0) is 61.9 Å². The predicted molar refractivity (Wildman–Crippen MR) is 153 cm³/mol. The summed E-state index contributed by atoms with van der Waals surface area (Å²) in [6.45, 7) is 3.79. The van der Waals surface area contributed by atoms with E-state index in [0.717, 1.165) is 23.4 Å². The summed E-state index contributed by atoms with van der Waals surface area (Å²) in [4.78, 5) is 39.2. The van der Waals surface area contributed by atoms with E-state index in [1.807, 2.05) is 32.0 Å². The number of hydrogen-bond donors (Lipinski definition) is 1. The number of carbonyl (C=O) groups excluding carboxylic acids is 2. The van der Waals surface area contributed by atoms with Gasteiger partial charge in [0.05, 0.1) is 23.1 Å². The lowest BCUT2D eigenvalue weighted by atomic mass is 10.0. The molecule has 0 bridgehead atoms. The van der Waals surface area contributed by atoms with Gasteiger partial charge in [-0.25, -0.2) is 19.4 Å².